The van der Waals surface area contributed by atoms with E-state index in [1.54, 1.807) is 0 Å². The quantitative estimate of drug-likeness (QED) is 0.652. The van der Waals surface area contributed by atoms with Gasteiger partial charge in [-0.2, -0.15) is 0 Å². The van der Waals surface area contributed by atoms with Crippen LogP contribution in [0.1, 0.15) is 30.9 Å². The van der Waals surface area contributed by atoms with Gasteiger partial charge in [-0.1, -0.05) is 26.0 Å². The molecule has 0 saturated carbocycles. The Morgan fingerprint density at radius 3 is 2.30 bits per heavy atom. The second kappa shape index (κ2) is 6.24. The summed E-state index contributed by atoms with van der Waals surface area (Å²) in [4.78, 5) is 0. The number of nitrogens with one attached hydrogen (secondary N) is 1. The maximum absolute atomic E-state index is 7.58. The van der Waals surface area contributed by atoms with Crippen molar-refractivity contribution in [3.8, 4) is 11.5 Å². The van der Waals surface area contributed by atoms with E-state index in [-0.39, 0.29) is 5.90 Å². The largest absolute Gasteiger partial charge is 0.481 e. The molecule has 0 saturated heterocycles. The van der Waals surface area contributed by atoms with Crippen LogP contribution >= 0.6 is 0 Å². The van der Waals surface area contributed by atoms with Gasteiger partial charge in [-0.05, 0) is 47.9 Å². The lowest BCUT2D eigenvalue weighted by molar-refractivity contribution is 0.401. The molecule has 104 valence electrons. The summed E-state index contributed by atoms with van der Waals surface area (Å²) in [6.07, 6.45) is 0. The average molecular weight is 269 g/mol. The zero-order valence-electron chi connectivity index (χ0n) is 12.0. The lowest BCUT2D eigenvalue weighted by Gasteiger charge is -2.10. The monoisotopic (exact) mass is 269 g/mol. The second-order valence-corrected chi connectivity index (χ2v) is 4.89. The van der Waals surface area contributed by atoms with Crippen molar-refractivity contribution in [2.75, 3.05) is 7.11 Å². The number of benzene rings is 2. The van der Waals surface area contributed by atoms with Crippen LogP contribution in [-0.2, 0) is 4.74 Å². The fourth-order valence-electron chi connectivity index (χ4n) is 1.87. The molecule has 20 heavy (non-hydrogen) atoms. The van der Waals surface area contributed by atoms with Crippen LogP contribution in [0.15, 0.2) is 48.5 Å². The van der Waals surface area contributed by atoms with Gasteiger partial charge in [0.1, 0.15) is 11.5 Å². The first-order chi connectivity index (χ1) is 9.60. The fraction of sp³-hybridized carbons (Fsp3) is 0.235. The molecular weight excluding hydrogens is 250 g/mol. The van der Waals surface area contributed by atoms with Crippen molar-refractivity contribution >= 4 is 5.90 Å². The first-order valence-electron chi connectivity index (χ1n) is 6.61. The Morgan fingerprint density at radius 2 is 1.70 bits per heavy atom. The SMILES string of the molecule is COC(=N)c1ccc(Oc2cccc(C(C)C)c2)cc1. The van der Waals surface area contributed by atoms with Gasteiger partial charge in [0.25, 0.3) is 0 Å². The molecule has 0 fully saturated rings. The molecule has 2 aromatic carbocycles. The van der Waals surface area contributed by atoms with Crippen LogP contribution in [0.4, 0.5) is 0 Å². The van der Waals surface area contributed by atoms with Gasteiger partial charge in [0.05, 0.1) is 7.11 Å². The Labute approximate surface area is 119 Å². The van der Waals surface area contributed by atoms with E-state index in [9.17, 15) is 0 Å². The average Bonchev–Trinajstić information content (AvgIpc) is 2.47. The van der Waals surface area contributed by atoms with Gasteiger partial charge in [0.2, 0.25) is 5.90 Å². The third-order valence-electron chi connectivity index (χ3n) is 3.08. The van der Waals surface area contributed by atoms with Crippen molar-refractivity contribution in [1.82, 2.24) is 0 Å². The maximum atomic E-state index is 7.58. The summed E-state index contributed by atoms with van der Waals surface area (Å²) in [6, 6.07) is 15.4. The Bertz CT molecular complexity index is 588. The highest BCUT2D eigenvalue weighted by Gasteiger charge is 2.04. The third-order valence-corrected chi connectivity index (χ3v) is 3.08. The summed E-state index contributed by atoms with van der Waals surface area (Å²) in [6.45, 7) is 4.31. The highest BCUT2D eigenvalue weighted by atomic mass is 16.5. The second-order valence-electron chi connectivity index (χ2n) is 4.89. The number of hydrogen-bond acceptors (Lipinski definition) is 3. The Morgan fingerprint density at radius 1 is 1.00 bits per heavy atom. The Hall–Kier alpha value is -2.29. The van der Waals surface area contributed by atoms with E-state index in [1.807, 2.05) is 36.4 Å². The fourth-order valence-corrected chi connectivity index (χ4v) is 1.87. The minimum atomic E-state index is 0.151. The molecule has 0 aromatic heterocycles. The summed E-state index contributed by atoms with van der Waals surface area (Å²) in [7, 11) is 1.49. The molecule has 3 nitrogen and oxygen atoms in total. The van der Waals surface area contributed by atoms with E-state index in [0.717, 1.165) is 17.1 Å². The molecule has 0 amide bonds. The lowest BCUT2D eigenvalue weighted by atomic mass is 10.0. The minimum absolute atomic E-state index is 0.151. The predicted molar refractivity (Wildman–Crippen MR) is 80.9 cm³/mol. The van der Waals surface area contributed by atoms with Crippen molar-refractivity contribution in [2.24, 2.45) is 0 Å². The topological polar surface area (TPSA) is 42.3 Å². The molecule has 0 radical (unpaired) electrons. The molecule has 2 rings (SSSR count). The minimum Gasteiger partial charge on any atom is -0.481 e. The molecule has 0 aliphatic rings. The van der Waals surface area contributed by atoms with Crippen LogP contribution < -0.4 is 4.74 Å². The zero-order valence-corrected chi connectivity index (χ0v) is 12.0. The van der Waals surface area contributed by atoms with Gasteiger partial charge in [-0.25, -0.2) is 0 Å². The number of hydrogen-bond donors (Lipinski definition) is 1. The van der Waals surface area contributed by atoms with Gasteiger partial charge < -0.3 is 9.47 Å². The van der Waals surface area contributed by atoms with Crippen molar-refractivity contribution in [3.05, 3.63) is 59.7 Å². The number of ether oxygens (including phenoxy) is 2. The molecule has 2 aromatic rings. The van der Waals surface area contributed by atoms with Crippen LogP contribution in [0.3, 0.4) is 0 Å². The van der Waals surface area contributed by atoms with Crippen molar-refractivity contribution < 1.29 is 9.47 Å². The van der Waals surface area contributed by atoms with Crippen molar-refractivity contribution in [1.29, 1.82) is 5.41 Å². The van der Waals surface area contributed by atoms with Crippen LogP contribution in [0.2, 0.25) is 0 Å². The normalized spacial score (nSPS) is 10.4. The highest BCUT2D eigenvalue weighted by Crippen LogP contribution is 2.25. The summed E-state index contributed by atoms with van der Waals surface area (Å²) in [5, 5.41) is 7.58. The van der Waals surface area contributed by atoms with Crippen molar-refractivity contribution in [2.45, 2.75) is 19.8 Å². The smallest absolute Gasteiger partial charge is 0.212 e. The van der Waals surface area contributed by atoms with Gasteiger partial charge in [0, 0.05) is 5.56 Å². The van der Waals surface area contributed by atoms with E-state index in [1.165, 1.54) is 12.7 Å². The Balaban J connectivity index is 2.14. The number of rotatable bonds is 4. The third kappa shape index (κ3) is 3.38. The van der Waals surface area contributed by atoms with Crippen LogP contribution in [0, 0.1) is 5.41 Å². The molecule has 0 bridgehead atoms. The predicted octanol–water partition coefficient (Wildman–Crippen LogP) is 4.57. The van der Waals surface area contributed by atoms with E-state index in [0.29, 0.717) is 5.92 Å². The van der Waals surface area contributed by atoms with Gasteiger partial charge >= 0.3 is 0 Å². The highest BCUT2D eigenvalue weighted by molar-refractivity contribution is 5.91. The first kappa shape index (κ1) is 14.1. The summed E-state index contributed by atoms with van der Waals surface area (Å²) >= 11 is 0. The summed E-state index contributed by atoms with van der Waals surface area (Å²) in [5.74, 6) is 2.20. The molecule has 0 unspecified atom stereocenters. The Kier molecular flexibility index (Phi) is 4.41. The molecular formula is C17H19NO2. The van der Waals surface area contributed by atoms with Crippen LogP contribution in [-0.4, -0.2) is 13.0 Å². The molecule has 0 atom stereocenters. The first-order valence-corrected chi connectivity index (χ1v) is 6.61. The maximum Gasteiger partial charge on any atom is 0.212 e. The molecule has 1 N–H and O–H groups in total. The van der Waals surface area contributed by atoms with Crippen LogP contribution in [0.25, 0.3) is 0 Å². The standard InChI is InChI=1S/C17H19NO2/c1-12(2)14-5-4-6-16(11-14)20-15-9-7-13(8-10-15)17(18)19-3/h4-12,18H,1-3H3. The lowest BCUT2D eigenvalue weighted by Crippen LogP contribution is -2.00. The molecule has 0 aliphatic carbocycles. The molecule has 0 spiro atoms. The summed E-state index contributed by atoms with van der Waals surface area (Å²) < 4.78 is 10.7. The van der Waals surface area contributed by atoms with E-state index in [2.05, 4.69) is 26.0 Å². The zero-order chi connectivity index (χ0) is 14.5. The van der Waals surface area contributed by atoms with Gasteiger partial charge in [-0.15, -0.1) is 0 Å². The molecule has 0 aliphatic heterocycles. The van der Waals surface area contributed by atoms with Crippen molar-refractivity contribution in [3.63, 3.8) is 0 Å². The molecule has 0 heterocycles. The van der Waals surface area contributed by atoms with E-state index in [4.69, 9.17) is 14.9 Å². The van der Waals surface area contributed by atoms with Crippen LogP contribution in [0.5, 0.6) is 11.5 Å². The summed E-state index contributed by atoms with van der Waals surface area (Å²) in [5.41, 5.74) is 1.98. The number of methoxy groups -OCH3 is 1. The van der Waals surface area contributed by atoms with Gasteiger partial charge in [0.15, 0.2) is 0 Å². The molecule has 3 heteroatoms. The van der Waals surface area contributed by atoms with Gasteiger partial charge in [-0.3, -0.25) is 5.41 Å². The van der Waals surface area contributed by atoms with E-state index >= 15 is 0 Å². The van der Waals surface area contributed by atoms with E-state index < -0.39 is 0 Å².